The molecule has 1 aliphatic rings. The van der Waals surface area contributed by atoms with Gasteiger partial charge in [0.05, 0.1) is 6.61 Å². The van der Waals surface area contributed by atoms with Crippen LogP contribution in [0.3, 0.4) is 0 Å². The van der Waals surface area contributed by atoms with E-state index in [-0.39, 0.29) is 5.91 Å². The Morgan fingerprint density at radius 1 is 1.37 bits per heavy atom. The van der Waals surface area contributed by atoms with Crippen LogP contribution in [0.4, 0.5) is 0 Å². The Labute approximate surface area is 114 Å². The summed E-state index contributed by atoms with van der Waals surface area (Å²) in [5, 5.41) is 0. The van der Waals surface area contributed by atoms with Crippen molar-refractivity contribution in [2.45, 2.75) is 19.4 Å². The van der Waals surface area contributed by atoms with Crippen LogP contribution in [0.1, 0.15) is 18.4 Å². The van der Waals surface area contributed by atoms with Gasteiger partial charge in [-0.25, -0.2) is 0 Å². The number of rotatable bonds is 7. The van der Waals surface area contributed by atoms with Gasteiger partial charge in [-0.05, 0) is 30.4 Å². The highest BCUT2D eigenvalue weighted by Gasteiger charge is 2.18. The molecule has 1 aromatic rings. The summed E-state index contributed by atoms with van der Waals surface area (Å²) in [6, 6.07) is 10.1. The van der Waals surface area contributed by atoms with Crippen molar-refractivity contribution < 1.29 is 9.53 Å². The van der Waals surface area contributed by atoms with Gasteiger partial charge in [0.25, 0.3) is 0 Å². The number of nitrogens with zero attached hydrogens (tertiary/aromatic N) is 1. The van der Waals surface area contributed by atoms with Crippen LogP contribution in [-0.2, 0) is 16.1 Å². The van der Waals surface area contributed by atoms with Crippen LogP contribution in [-0.4, -0.2) is 31.1 Å². The second-order valence-corrected chi connectivity index (χ2v) is 4.93. The van der Waals surface area contributed by atoms with Crippen molar-refractivity contribution in [3.63, 3.8) is 0 Å². The van der Waals surface area contributed by atoms with E-state index in [0.717, 1.165) is 5.56 Å². The predicted octanol–water partition coefficient (Wildman–Crippen LogP) is 2.63. The molecule has 0 aliphatic heterocycles. The van der Waals surface area contributed by atoms with Crippen molar-refractivity contribution in [1.82, 2.24) is 4.90 Å². The summed E-state index contributed by atoms with van der Waals surface area (Å²) < 4.78 is 5.08. The van der Waals surface area contributed by atoms with Crippen LogP contribution in [0.2, 0.25) is 0 Å². The number of methoxy groups -OCH3 is 1. The van der Waals surface area contributed by atoms with Gasteiger partial charge < -0.3 is 9.64 Å². The van der Waals surface area contributed by atoms with Crippen molar-refractivity contribution in [1.29, 1.82) is 0 Å². The molecule has 0 radical (unpaired) electrons. The summed E-state index contributed by atoms with van der Waals surface area (Å²) >= 11 is 0. The number of hydrogen-bond acceptors (Lipinski definition) is 2. The molecule has 1 aromatic carbocycles. The predicted molar refractivity (Wildman–Crippen MR) is 75.6 cm³/mol. The lowest BCUT2D eigenvalue weighted by Gasteiger charge is -2.21. The molecule has 3 heteroatoms. The molecule has 0 N–H and O–H groups in total. The first kappa shape index (κ1) is 13.8. The van der Waals surface area contributed by atoms with Crippen molar-refractivity contribution >= 4 is 5.91 Å². The quantitative estimate of drug-likeness (QED) is 0.704. The van der Waals surface area contributed by atoms with Crippen molar-refractivity contribution in [3.8, 4) is 0 Å². The van der Waals surface area contributed by atoms with Crippen molar-refractivity contribution in [2.75, 3.05) is 20.3 Å². The average molecular weight is 259 g/mol. The third-order valence-corrected chi connectivity index (χ3v) is 3.23. The fraction of sp³-hybridized carbons (Fsp3) is 0.438. The number of benzene rings is 1. The molecule has 1 aliphatic carbocycles. The molecule has 3 nitrogen and oxygen atoms in total. The first-order valence-corrected chi connectivity index (χ1v) is 6.79. The molecule has 0 bridgehead atoms. The number of carbonyl (C=O) groups excluding carboxylic acids is 1. The molecule has 1 amide bonds. The number of carbonyl (C=O) groups is 1. The van der Waals surface area contributed by atoms with E-state index in [9.17, 15) is 4.79 Å². The molecule has 0 aromatic heterocycles. The molecule has 0 atom stereocenters. The Morgan fingerprint density at radius 3 is 2.74 bits per heavy atom. The molecule has 1 saturated carbocycles. The average Bonchev–Trinajstić information content (AvgIpc) is 3.26. The number of ether oxygens (including phenoxy) is 1. The van der Waals surface area contributed by atoms with Crippen LogP contribution >= 0.6 is 0 Å². The smallest absolute Gasteiger partial charge is 0.246 e. The number of hydrogen-bond donors (Lipinski definition) is 0. The van der Waals surface area contributed by atoms with E-state index >= 15 is 0 Å². The van der Waals surface area contributed by atoms with Crippen LogP contribution < -0.4 is 0 Å². The van der Waals surface area contributed by atoms with E-state index in [1.54, 1.807) is 13.2 Å². The van der Waals surface area contributed by atoms with E-state index in [2.05, 4.69) is 0 Å². The maximum Gasteiger partial charge on any atom is 0.246 e. The number of amides is 1. The largest absolute Gasteiger partial charge is 0.383 e. The van der Waals surface area contributed by atoms with E-state index in [1.807, 2.05) is 41.3 Å². The second kappa shape index (κ2) is 7.10. The molecule has 19 heavy (non-hydrogen) atoms. The SMILES string of the molecule is COCCN(Cc1ccccc1)C(=O)C=CC1CC1. The number of allylic oxidation sites excluding steroid dienone is 1. The first-order valence-electron chi connectivity index (χ1n) is 6.79. The van der Waals surface area contributed by atoms with Gasteiger partial charge in [-0.3, -0.25) is 4.79 Å². The van der Waals surface area contributed by atoms with Crippen LogP contribution in [0, 0.1) is 5.92 Å². The van der Waals surface area contributed by atoms with Gasteiger partial charge >= 0.3 is 0 Å². The maximum atomic E-state index is 12.2. The Morgan fingerprint density at radius 2 is 2.11 bits per heavy atom. The summed E-state index contributed by atoms with van der Waals surface area (Å²) in [6.07, 6.45) is 6.20. The minimum atomic E-state index is 0.0767. The molecule has 0 saturated heterocycles. The van der Waals surface area contributed by atoms with Crippen LogP contribution in [0.5, 0.6) is 0 Å². The molecular formula is C16H21NO2. The Hall–Kier alpha value is -1.61. The highest BCUT2D eigenvalue weighted by Crippen LogP contribution is 2.30. The fourth-order valence-corrected chi connectivity index (χ4v) is 1.88. The normalized spacial score (nSPS) is 14.8. The zero-order valence-electron chi connectivity index (χ0n) is 11.4. The monoisotopic (exact) mass is 259 g/mol. The first-order chi connectivity index (χ1) is 9.29. The zero-order valence-corrected chi connectivity index (χ0v) is 11.4. The summed E-state index contributed by atoms with van der Waals surface area (Å²) in [6.45, 7) is 1.83. The fourth-order valence-electron chi connectivity index (χ4n) is 1.88. The summed E-state index contributed by atoms with van der Waals surface area (Å²) in [5.74, 6) is 0.706. The Kier molecular flexibility index (Phi) is 5.16. The van der Waals surface area contributed by atoms with E-state index in [1.165, 1.54) is 12.8 Å². The van der Waals surface area contributed by atoms with Gasteiger partial charge in [-0.15, -0.1) is 0 Å². The standard InChI is InChI=1S/C16H21NO2/c1-19-12-11-17(13-15-5-3-2-4-6-15)16(18)10-9-14-7-8-14/h2-6,9-10,14H,7-8,11-13H2,1H3. The summed E-state index contributed by atoms with van der Waals surface area (Å²) in [5.41, 5.74) is 1.15. The minimum absolute atomic E-state index is 0.0767. The van der Waals surface area contributed by atoms with Gasteiger partial charge in [0, 0.05) is 20.2 Å². The molecule has 0 unspecified atom stereocenters. The Bertz CT molecular complexity index is 424. The highest BCUT2D eigenvalue weighted by molar-refractivity contribution is 5.87. The lowest BCUT2D eigenvalue weighted by atomic mass is 10.2. The highest BCUT2D eigenvalue weighted by atomic mass is 16.5. The van der Waals surface area contributed by atoms with Crippen LogP contribution in [0.25, 0.3) is 0 Å². The molecule has 0 spiro atoms. The second-order valence-electron chi connectivity index (χ2n) is 4.93. The third kappa shape index (κ3) is 4.87. The maximum absolute atomic E-state index is 12.2. The molecule has 0 heterocycles. The minimum Gasteiger partial charge on any atom is -0.383 e. The lowest BCUT2D eigenvalue weighted by Crippen LogP contribution is -2.32. The molecule has 1 fully saturated rings. The van der Waals surface area contributed by atoms with E-state index in [0.29, 0.717) is 25.6 Å². The van der Waals surface area contributed by atoms with Crippen molar-refractivity contribution in [2.24, 2.45) is 5.92 Å². The zero-order chi connectivity index (χ0) is 13.5. The van der Waals surface area contributed by atoms with Gasteiger partial charge in [0.15, 0.2) is 0 Å². The Balaban J connectivity index is 1.95. The van der Waals surface area contributed by atoms with E-state index < -0.39 is 0 Å². The van der Waals surface area contributed by atoms with Gasteiger partial charge in [0.1, 0.15) is 0 Å². The van der Waals surface area contributed by atoms with E-state index in [4.69, 9.17) is 4.74 Å². The summed E-state index contributed by atoms with van der Waals surface area (Å²) in [7, 11) is 1.66. The van der Waals surface area contributed by atoms with Gasteiger partial charge in [0.2, 0.25) is 5.91 Å². The van der Waals surface area contributed by atoms with Crippen LogP contribution in [0.15, 0.2) is 42.5 Å². The van der Waals surface area contributed by atoms with Crippen molar-refractivity contribution in [3.05, 3.63) is 48.0 Å². The third-order valence-electron chi connectivity index (χ3n) is 3.23. The van der Waals surface area contributed by atoms with Gasteiger partial charge in [-0.1, -0.05) is 36.4 Å². The molecule has 2 rings (SSSR count). The molecular weight excluding hydrogens is 238 g/mol. The molecule has 102 valence electrons. The van der Waals surface area contributed by atoms with Gasteiger partial charge in [-0.2, -0.15) is 0 Å². The lowest BCUT2D eigenvalue weighted by molar-refractivity contribution is -0.127. The topological polar surface area (TPSA) is 29.5 Å². The summed E-state index contributed by atoms with van der Waals surface area (Å²) in [4.78, 5) is 14.0.